The summed E-state index contributed by atoms with van der Waals surface area (Å²) in [6, 6.07) is 14.7. The molecule has 0 spiro atoms. The third-order valence-corrected chi connectivity index (χ3v) is 5.73. The van der Waals surface area contributed by atoms with E-state index in [1.54, 1.807) is 0 Å². The molecular weight excluding hydrogens is 526 g/mol. The van der Waals surface area contributed by atoms with Crippen LogP contribution < -0.4 is 0 Å². The van der Waals surface area contributed by atoms with Gasteiger partial charge in [0.15, 0.2) is 0 Å². The molecule has 1 aromatic carbocycles. The van der Waals surface area contributed by atoms with Gasteiger partial charge in [0.05, 0.1) is 26.4 Å². The minimum Gasteiger partial charge on any atom is -0.475 e. The summed E-state index contributed by atoms with van der Waals surface area (Å²) in [4.78, 5) is 24.4. The normalized spacial score (nSPS) is 20.9. The molecule has 2 aliphatic rings. The molecule has 0 unspecified atom stereocenters. The zero-order valence-corrected chi connectivity index (χ0v) is 19.9. The molecule has 0 saturated carbocycles. The molecule has 0 aliphatic carbocycles. The number of hydrogen-bond acceptors (Lipinski definition) is 6. The molecule has 8 nitrogen and oxygen atoms in total. The van der Waals surface area contributed by atoms with Crippen molar-refractivity contribution < 1.29 is 55.6 Å². The molecule has 38 heavy (non-hydrogen) atoms. The average molecular weight is 552 g/mol. The van der Waals surface area contributed by atoms with Gasteiger partial charge in [0, 0.05) is 43.4 Å². The summed E-state index contributed by atoms with van der Waals surface area (Å²) in [5.74, 6) is -4.93. The number of nitrogens with zero attached hydrogens (tertiary/aromatic N) is 2. The second-order valence-corrected chi connectivity index (χ2v) is 8.68. The van der Waals surface area contributed by atoms with Crippen LogP contribution in [0.25, 0.3) is 0 Å². The topological polar surface area (TPSA) is 109 Å². The third kappa shape index (κ3) is 9.91. The lowest BCUT2D eigenvalue weighted by molar-refractivity contribution is -0.193. The van der Waals surface area contributed by atoms with E-state index in [0.717, 1.165) is 39.5 Å². The van der Waals surface area contributed by atoms with E-state index in [0.29, 0.717) is 12.5 Å². The van der Waals surface area contributed by atoms with Crippen LogP contribution in [0.4, 0.5) is 26.3 Å². The lowest BCUT2D eigenvalue weighted by Crippen LogP contribution is -2.35. The number of ether oxygens (including phenoxy) is 2. The van der Waals surface area contributed by atoms with Crippen molar-refractivity contribution in [3.63, 3.8) is 0 Å². The molecule has 0 amide bonds. The van der Waals surface area contributed by atoms with Crippen LogP contribution in [0.2, 0.25) is 0 Å². The zero-order chi connectivity index (χ0) is 28.4. The first-order chi connectivity index (χ1) is 17.7. The van der Waals surface area contributed by atoms with E-state index >= 15 is 0 Å². The number of pyridine rings is 1. The summed E-state index contributed by atoms with van der Waals surface area (Å²) in [5, 5.41) is 14.2. The smallest absolute Gasteiger partial charge is 0.475 e. The number of alkyl halides is 6. The first-order valence-electron chi connectivity index (χ1n) is 11.1. The third-order valence-electron chi connectivity index (χ3n) is 5.73. The maximum atomic E-state index is 10.6. The Labute approximate surface area is 213 Å². The van der Waals surface area contributed by atoms with Crippen molar-refractivity contribution in [1.29, 1.82) is 0 Å². The van der Waals surface area contributed by atoms with Gasteiger partial charge in [-0.3, -0.25) is 9.88 Å². The van der Waals surface area contributed by atoms with Crippen LogP contribution in [-0.2, 0) is 32.2 Å². The van der Waals surface area contributed by atoms with Gasteiger partial charge in [-0.1, -0.05) is 30.3 Å². The van der Waals surface area contributed by atoms with Crippen molar-refractivity contribution in [2.45, 2.75) is 25.5 Å². The van der Waals surface area contributed by atoms with Crippen molar-refractivity contribution in [1.82, 2.24) is 9.88 Å². The molecule has 0 bridgehead atoms. The zero-order valence-electron chi connectivity index (χ0n) is 19.9. The monoisotopic (exact) mass is 552 g/mol. The van der Waals surface area contributed by atoms with E-state index < -0.39 is 24.3 Å². The second kappa shape index (κ2) is 13.5. The number of rotatable bonds is 6. The minimum atomic E-state index is -5.08. The summed E-state index contributed by atoms with van der Waals surface area (Å²) in [5.41, 5.74) is 2.71. The number of aliphatic carboxylic acids is 2. The van der Waals surface area contributed by atoms with E-state index in [4.69, 9.17) is 29.3 Å². The SMILES string of the molecule is O=C(O)C(F)(F)F.O=C(O)C(F)(F)F.c1ccc(CN2C[C@@H]3COC[C@]3(COCc3ccncc3)C2)cc1. The molecule has 2 N–H and O–H groups in total. The summed E-state index contributed by atoms with van der Waals surface area (Å²) < 4.78 is 75.3. The highest BCUT2D eigenvalue weighted by atomic mass is 19.4. The molecule has 2 atom stereocenters. The van der Waals surface area contributed by atoms with Gasteiger partial charge in [0.2, 0.25) is 0 Å². The number of hydrogen-bond donors (Lipinski definition) is 2. The lowest BCUT2D eigenvalue weighted by Gasteiger charge is -2.27. The highest BCUT2D eigenvalue weighted by molar-refractivity contribution is 5.73. The van der Waals surface area contributed by atoms with Gasteiger partial charge in [-0.25, -0.2) is 9.59 Å². The Bertz CT molecular complexity index is 999. The molecule has 4 rings (SSSR count). The van der Waals surface area contributed by atoms with Crippen LogP contribution in [-0.4, -0.2) is 77.3 Å². The summed E-state index contributed by atoms with van der Waals surface area (Å²) in [6.07, 6.45) is -6.54. The molecule has 2 aromatic rings. The maximum Gasteiger partial charge on any atom is 0.490 e. The Kier molecular flexibility index (Phi) is 11.0. The Morgan fingerprint density at radius 1 is 0.974 bits per heavy atom. The van der Waals surface area contributed by atoms with Crippen LogP contribution in [0, 0.1) is 11.3 Å². The molecule has 1 aromatic heterocycles. The molecule has 3 heterocycles. The lowest BCUT2D eigenvalue weighted by atomic mass is 9.82. The maximum absolute atomic E-state index is 10.6. The van der Waals surface area contributed by atoms with Crippen LogP contribution >= 0.6 is 0 Å². The largest absolute Gasteiger partial charge is 0.490 e. The Hall–Kier alpha value is -3.23. The second-order valence-electron chi connectivity index (χ2n) is 8.68. The summed E-state index contributed by atoms with van der Waals surface area (Å²) in [7, 11) is 0. The quantitative estimate of drug-likeness (QED) is 0.518. The van der Waals surface area contributed by atoms with Gasteiger partial charge in [-0.2, -0.15) is 26.3 Å². The number of aromatic nitrogens is 1. The van der Waals surface area contributed by atoms with Crippen molar-refractivity contribution in [3.8, 4) is 0 Å². The van der Waals surface area contributed by atoms with Crippen molar-refractivity contribution in [2.24, 2.45) is 11.3 Å². The molecule has 2 saturated heterocycles. The fourth-order valence-corrected chi connectivity index (χ4v) is 3.96. The van der Waals surface area contributed by atoms with E-state index in [1.165, 1.54) is 11.1 Å². The first-order valence-corrected chi connectivity index (χ1v) is 11.1. The number of benzene rings is 1. The number of carbonyl (C=O) groups is 2. The van der Waals surface area contributed by atoms with Crippen LogP contribution in [0.1, 0.15) is 11.1 Å². The van der Waals surface area contributed by atoms with Gasteiger partial charge in [0.1, 0.15) is 0 Å². The predicted octanol–water partition coefficient (Wildman–Crippen LogP) is 4.01. The highest BCUT2D eigenvalue weighted by Crippen LogP contribution is 2.42. The Morgan fingerprint density at radius 3 is 2.05 bits per heavy atom. The van der Waals surface area contributed by atoms with E-state index in [2.05, 4.69) is 40.2 Å². The number of fused-ring (bicyclic) bond motifs is 1. The number of likely N-dealkylation sites (tertiary alicyclic amines) is 1. The molecule has 2 fully saturated rings. The van der Waals surface area contributed by atoms with E-state index in [9.17, 15) is 26.3 Å². The first kappa shape index (κ1) is 31.0. The Morgan fingerprint density at radius 2 is 1.53 bits per heavy atom. The average Bonchev–Trinajstić information content (AvgIpc) is 3.36. The summed E-state index contributed by atoms with van der Waals surface area (Å²) in [6.45, 7) is 6.28. The fourth-order valence-electron chi connectivity index (χ4n) is 3.96. The molecule has 2 aliphatic heterocycles. The van der Waals surface area contributed by atoms with Crippen LogP contribution in [0.15, 0.2) is 54.9 Å². The van der Waals surface area contributed by atoms with Crippen LogP contribution in [0.5, 0.6) is 0 Å². The molecule has 14 heteroatoms. The number of carboxylic acids is 2. The predicted molar refractivity (Wildman–Crippen MR) is 120 cm³/mol. The fraction of sp³-hybridized carbons (Fsp3) is 0.458. The highest BCUT2D eigenvalue weighted by Gasteiger charge is 2.50. The molecule has 0 radical (unpaired) electrons. The molecule has 210 valence electrons. The minimum absolute atomic E-state index is 0.155. The van der Waals surface area contributed by atoms with Gasteiger partial charge in [-0.05, 0) is 23.3 Å². The van der Waals surface area contributed by atoms with Gasteiger partial charge < -0.3 is 19.7 Å². The summed E-state index contributed by atoms with van der Waals surface area (Å²) >= 11 is 0. The number of carboxylic acid groups (broad SMARTS) is 2. The Balaban J connectivity index is 0.000000301. The van der Waals surface area contributed by atoms with Crippen molar-refractivity contribution in [3.05, 3.63) is 66.0 Å². The van der Waals surface area contributed by atoms with E-state index in [-0.39, 0.29) is 5.41 Å². The van der Waals surface area contributed by atoms with Crippen LogP contribution in [0.3, 0.4) is 0 Å². The van der Waals surface area contributed by atoms with Gasteiger partial charge in [-0.15, -0.1) is 0 Å². The van der Waals surface area contributed by atoms with E-state index in [1.807, 2.05) is 24.5 Å². The van der Waals surface area contributed by atoms with Gasteiger partial charge in [0.25, 0.3) is 0 Å². The van der Waals surface area contributed by atoms with Crippen molar-refractivity contribution in [2.75, 3.05) is 32.9 Å². The molecular formula is C24H26F6N2O6. The number of halogens is 6. The standard InChI is InChI=1S/C20H24N2O2.2C2HF3O2/c1-2-4-17(5-3-1)10-22-11-19-13-24-16-20(19,14-22)15-23-12-18-6-8-21-9-7-18;2*3-2(4,5)1(6)7/h1-9,19H,10-16H2;2*(H,6,7)/t19-,20-;;/m1../s1. The van der Waals surface area contributed by atoms with Gasteiger partial charge >= 0.3 is 24.3 Å². The van der Waals surface area contributed by atoms with Crippen molar-refractivity contribution >= 4 is 11.9 Å².